The molecule has 146 valence electrons. The summed E-state index contributed by atoms with van der Waals surface area (Å²) >= 11 is 0. The zero-order chi connectivity index (χ0) is 19.2. The summed E-state index contributed by atoms with van der Waals surface area (Å²) < 4.78 is 0. The van der Waals surface area contributed by atoms with Gasteiger partial charge in [0.1, 0.15) is 0 Å². The summed E-state index contributed by atoms with van der Waals surface area (Å²) in [5.74, 6) is 0. The van der Waals surface area contributed by atoms with Crippen LogP contribution in [0, 0.1) is 6.92 Å². The Hall–Kier alpha value is -1.55. The number of hydrogen-bond acceptors (Lipinski definition) is 2. The number of amides is 2. The number of nitrogens with zero attached hydrogens (tertiary/aromatic N) is 2. The van der Waals surface area contributed by atoms with E-state index in [1.807, 2.05) is 25.7 Å². The second-order valence-corrected chi connectivity index (χ2v) is 8.82. The topological polar surface area (TPSA) is 35.6 Å². The van der Waals surface area contributed by atoms with Crippen molar-refractivity contribution in [3.63, 3.8) is 0 Å². The minimum Gasteiger partial charge on any atom is -0.333 e. The van der Waals surface area contributed by atoms with Crippen molar-refractivity contribution < 1.29 is 4.79 Å². The van der Waals surface area contributed by atoms with Gasteiger partial charge in [0.25, 0.3) is 0 Å². The number of piperidine rings is 1. The minimum absolute atomic E-state index is 0.0322. The first-order chi connectivity index (χ1) is 12.2. The fraction of sp³-hybridized carbons (Fsp3) is 0.682. The van der Waals surface area contributed by atoms with Crippen molar-refractivity contribution in [2.24, 2.45) is 0 Å². The molecule has 0 bridgehead atoms. The number of rotatable bonds is 6. The number of hydrogen-bond donors (Lipinski definition) is 1. The third-order valence-electron chi connectivity index (χ3n) is 5.08. The summed E-state index contributed by atoms with van der Waals surface area (Å²) in [6, 6.07) is 9.19. The number of urea groups is 1. The van der Waals surface area contributed by atoms with Crippen LogP contribution in [0.25, 0.3) is 0 Å². The highest BCUT2D eigenvalue weighted by Crippen LogP contribution is 2.17. The number of carbonyl (C=O) groups excluding carboxylic acids is 1. The summed E-state index contributed by atoms with van der Waals surface area (Å²) in [6.07, 6.45) is 4.98. The number of benzene rings is 1. The average Bonchev–Trinajstić information content (AvgIpc) is 2.56. The molecule has 1 aromatic carbocycles. The van der Waals surface area contributed by atoms with Gasteiger partial charge in [0.05, 0.1) is 0 Å². The lowest BCUT2D eigenvalue weighted by Gasteiger charge is -2.34. The fourth-order valence-electron chi connectivity index (χ4n) is 3.52. The van der Waals surface area contributed by atoms with E-state index in [2.05, 4.69) is 48.3 Å². The average molecular weight is 360 g/mol. The summed E-state index contributed by atoms with van der Waals surface area (Å²) in [5, 5.41) is 3.12. The van der Waals surface area contributed by atoms with Gasteiger partial charge < -0.3 is 15.1 Å². The zero-order valence-corrected chi connectivity index (χ0v) is 17.3. The molecule has 0 radical (unpaired) electrons. The standard InChI is InChI=1S/C22H37N3O/c1-18-10-12-20(13-11-18)17-25(21(26)23-22(3,4)5)16-8-15-24-14-7-6-9-19(24)2/h10-13,19H,6-9,14-17H2,1-5H3,(H,23,26). The van der Waals surface area contributed by atoms with Gasteiger partial charge in [-0.25, -0.2) is 4.79 Å². The van der Waals surface area contributed by atoms with Crippen LogP contribution in [0.15, 0.2) is 24.3 Å². The second-order valence-electron chi connectivity index (χ2n) is 8.82. The number of likely N-dealkylation sites (tertiary alicyclic amines) is 1. The Balaban J connectivity index is 1.95. The van der Waals surface area contributed by atoms with Gasteiger partial charge in [-0.15, -0.1) is 0 Å². The number of carbonyl (C=O) groups is 1. The fourth-order valence-corrected chi connectivity index (χ4v) is 3.52. The van der Waals surface area contributed by atoms with Crippen LogP contribution in [0.2, 0.25) is 0 Å². The van der Waals surface area contributed by atoms with E-state index in [9.17, 15) is 4.79 Å². The third kappa shape index (κ3) is 6.99. The van der Waals surface area contributed by atoms with Crippen LogP contribution in [-0.4, -0.2) is 47.0 Å². The Labute approximate surface area is 159 Å². The summed E-state index contributed by atoms with van der Waals surface area (Å²) in [4.78, 5) is 17.3. The third-order valence-corrected chi connectivity index (χ3v) is 5.08. The van der Waals surface area contributed by atoms with Gasteiger partial charge in [0, 0.05) is 31.2 Å². The molecule has 0 aromatic heterocycles. The quantitative estimate of drug-likeness (QED) is 0.807. The van der Waals surface area contributed by atoms with Crippen molar-refractivity contribution in [1.82, 2.24) is 15.1 Å². The van der Waals surface area contributed by atoms with Crippen molar-refractivity contribution in [1.29, 1.82) is 0 Å². The lowest BCUT2D eigenvalue weighted by molar-refractivity contribution is 0.147. The normalized spacial score (nSPS) is 18.6. The van der Waals surface area contributed by atoms with E-state index < -0.39 is 0 Å². The highest BCUT2D eigenvalue weighted by atomic mass is 16.2. The first kappa shape index (κ1) is 20.8. The van der Waals surface area contributed by atoms with Gasteiger partial charge >= 0.3 is 6.03 Å². The Morgan fingerprint density at radius 2 is 1.92 bits per heavy atom. The van der Waals surface area contributed by atoms with Gasteiger partial charge in [0.2, 0.25) is 0 Å². The molecule has 1 aliphatic rings. The molecule has 2 rings (SSSR count). The Morgan fingerprint density at radius 1 is 1.23 bits per heavy atom. The van der Waals surface area contributed by atoms with Crippen LogP contribution in [0.4, 0.5) is 4.79 Å². The van der Waals surface area contributed by atoms with Crippen molar-refractivity contribution in [2.75, 3.05) is 19.6 Å². The molecular weight excluding hydrogens is 322 g/mol. The van der Waals surface area contributed by atoms with E-state index in [1.54, 1.807) is 0 Å². The van der Waals surface area contributed by atoms with Gasteiger partial charge in [-0.2, -0.15) is 0 Å². The first-order valence-corrected chi connectivity index (χ1v) is 10.1. The van der Waals surface area contributed by atoms with Crippen molar-refractivity contribution >= 4 is 6.03 Å². The molecule has 0 aliphatic carbocycles. The van der Waals surface area contributed by atoms with Gasteiger partial charge in [0.15, 0.2) is 0 Å². The predicted octanol–water partition coefficient (Wildman–Crippen LogP) is 4.57. The largest absolute Gasteiger partial charge is 0.333 e. The number of nitrogens with one attached hydrogen (secondary N) is 1. The van der Waals surface area contributed by atoms with Crippen molar-refractivity contribution in [2.45, 2.75) is 78.4 Å². The van der Waals surface area contributed by atoms with Crippen molar-refractivity contribution in [3.8, 4) is 0 Å². The highest BCUT2D eigenvalue weighted by Gasteiger charge is 2.21. The lowest BCUT2D eigenvalue weighted by atomic mass is 10.0. The van der Waals surface area contributed by atoms with Crippen LogP contribution in [-0.2, 0) is 6.54 Å². The Bertz CT molecular complexity index is 562. The van der Waals surface area contributed by atoms with Crippen LogP contribution in [0.3, 0.4) is 0 Å². The maximum atomic E-state index is 12.8. The lowest BCUT2D eigenvalue weighted by Crippen LogP contribution is -2.49. The van der Waals surface area contributed by atoms with Crippen LogP contribution in [0.5, 0.6) is 0 Å². The predicted molar refractivity (Wildman–Crippen MR) is 109 cm³/mol. The molecule has 1 unspecified atom stereocenters. The highest BCUT2D eigenvalue weighted by molar-refractivity contribution is 5.75. The van der Waals surface area contributed by atoms with E-state index in [0.717, 1.165) is 19.5 Å². The molecule has 1 saturated heterocycles. The summed E-state index contributed by atoms with van der Waals surface area (Å²) in [7, 11) is 0. The molecule has 1 atom stereocenters. The Morgan fingerprint density at radius 3 is 2.54 bits per heavy atom. The SMILES string of the molecule is Cc1ccc(CN(CCCN2CCCCC2C)C(=O)NC(C)(C)C)cc1. The maximum absolute atomic E-state index is 12.8. The molecular formula is C22H37N3O. The Kier molecular flexibility index (Phi) is 7.51. The summed E-state index contributed by atoms with van der Waals surface area (Å²) in [6.45, 7) is 14.3. The zero-order valence-electron chi connectivity index (χ0n) is 17.3. The van der Waals surface area contributed by atoms with E-state index >= 15 is 0 Å². The second kappa shape index (κ2) is 9.40. The minimum atomic E-state index is -0.218. The van der Waals surface area contributed by atoms with Crippen molar-refractivity contribution in [3.05, 3.63) is 35.4 Å². The molecule has 4 heteroatoms. The van der Waals surface area contributed by atoms with E-state index in [1.165, 1.54) is 36.9 Å². The molecule has 1 aliphatic heterocycles. The first-order valence-electron chi connectivity index (χ1n) is 10.1. The molecule has 1 fully saturated rings. The monoisotopic (exact) mass is 359 g/mol. The van der Waals surface area contributed by atoms with E-state index in [4.69, 9.17) is 0 Å². The smallest absolute Gasteiger partial charge is 0.318 e. The molecule has 26 heavy (non-hydrogen) atoms. The van der Waals surface area contributed by atoms with Gasteiger partial charge in [-0.1, -0.05) is 36.2 Å². The van der Waals surface area contributed by atoms with E-state index in [0.29, 0.717) is 12.6 Å². The molecule has 1 heterocycles. The van der Waals surface area contributed by atoms with Crippen LogP contribution in [0.1, 0.15) is 64.5 Å². The molecule has 0 spiro atoms. The molecule has 1 N–H and O–H groups in total. The molecule has 0 saturated carbocycles. The van der Waals surface area contributed by atoms with Gasteiger partial charge in [-0.3, -0.25) is 0 Å². The van der Waals surface area contributed by atoms with Crippen LogP contribution >= 0.6 is 0 Å². The maximum Gasteiger partial charge on any atom is 0.318 e. The molecule has 4 nitrogen and oxygen atoms in total. The molecule has 1 aromatic rings. The molecule has 2 amide bonds. The summed E-state index contributed by atoms with van der Waals surface area (Å²) in [5.41, 5.74) is 2.22. The van der Waals surface area contributed by atoms with Gasteiger partial charge in [-0.05, 0) is 66.0 Å². The number of aryl methyl sites for hydroxylation is 1. The van der Waals surface area contributed by atoms with E-state index in [-0.39, 0.29) is 11.6 Å². The van der Waals surface area contributed by atoms with Crippen LogP contribution < -0.4 is 5.32 Å².